The lowest BCUT2D eigenvalue weighted by atomic mass is 10.1. The standard InChI is InChI=1S/C17H18BrNO2/c1-11(2)21-15-8-6-14(7-9-15)19-17(20)16-10-13(18)5-4-12(16)3/h4-11H,1-3H3,(H,19,20). The third-order valence-electron chi connectivity index (χ3n) is 2.93. The van der Waals surface area contributed by atoms with Gasteiger partial charge in [0.25, 0.3) is 5.91 Å². The van der Waals surface area contributed by atoms with Gasteiger partial charge >= 0.3 is 0 Å². The number of hydrogen-bond acceptors (Lipinski definition) is 2. The van der Waals surface area contributed by atoms with Gasteiger partial charge in [-0.05, 0) is 62.7 Å². The molecule has 0 heterocycles. The van der Waals surface area contributed by atoms with Crippen molar-refractivity contribution in [2.24, 2.45) is 0 Å². The van der Waals surface area contributed by atoms with Crippen LogP contribution in [0.1, 0.15) is 29.8 Å². The molecule has 2 aromatic rings. The number of anilines is 1. The topological polar surface area (TPSA) is 38.3 Å². The van der Waals surface area contributed by atoms with Crippen molar-refractivity contribution >= 4 is 27.5 Å². The third-order valence-corrected chi connectivity index (χ3v) is 3.42. The van der Waals surface area contributed by atoms with Crippen molar-refractivity contribution in [3.63, 3.8) is 0 Å². The van der Waals surface area contributed by atoms with Crippen molar-refractivity contribution in [1.82, 2.24) is 0 Å². The van der Waals surface area contributed by atoms with E-state index in [1.165, 1.54) is 0 Å². The van der Waals surface area contributed by atoms with Crippen LogP contribution in [-0.4, -0.2) is 12.0 Å². The quantitative estimate of drug-likeness (QED) is 0.862. The average Bonchev–Trinajstić information content (AvgIpc) is 2.43. The van der Waals surface area contributed by atoms with Gasteiger partial charge in [0.05, 0.1) is 6.10 Å². The number of halogens is 1. The minimum atomic E-state index is -0.119. The van der Waals surface area contributed by atoms with E-state index < -0.39 is 0 Å². The molecule has 0 radical (unpaired) electrons. The zero-order valence-corrected chi connectivity index (χ0v) is 13.9. The minimum Gasteiger partial charge on any atom is -0.491 e. The van der Waals surface area contributed by atoms with Crippen molar-refractivity contribution in [3.05, 3.63) is 58.1 Å². The van der Waals surface area contributed by atoms with Crippen LogP contribution in [-0.2, 0) is 0 Å². The normalized spacial score (nSPS) is 10.5. The smallest absolute Gasteiger partial charge is 0.255 e. The van der Waals surface area contributed by atoms with E-state index in [2.05, 4.69) is 21.2 Å². The van der Waals surface area contributed by atoms with E-state index in [1.807, 2.05) is 63.2 Å². The molecule has 0 aliphatic rings. The number of aryl methyl sites for hydroxylation is 1. The summed E-state index contributed by atoms with van der Waals surface area (Å²) >= 11 is 3.39. The van der Waals surface area contributed by atoms with Crippen LogP contribution in [0.2, 0.25) is 0 Å². The van der Waals surface area contributed by atoms with E-state index in [9.17, 15) is 4.79 Å². The molecule has 0 aliphatic carbocycles. The van der Waals surface area contributed by atoms with Gasteiger partial charge < -0.3 is 10.1 Å². The molecule has 1 amide bonds. The first-order valence-electron chi connectivity index (χ1n) is 6.80. The maximum absolute atomic E-state index is 12.3. The molecule has 1 N–H and O–H groups in total. The van der Waals surface area contributed by atoms with Crippen LogP contribution in [0, 0.1) is 6.92 Å². The average molecular weight is 348 g/mol. The predicted molar refractivity (Wildman–Crippen MR) is 89.0 cm³/mol. The zero-order valence-electron chi connectivity index (χ0n) is 12.3. The van der Waals surface area contributed by atoms with Gasteiger partial charge in [0.1, 0.15) is 5.75 Å². The second-order valence-corrected chi connectivity index (χ2v) is 6.02. The van der Waals surface area contributed by atoms with Crippen molar-refractivity contribution in [2.45, 2.75) is 26.9 Å². The Kier molecular flexibility index (Phi) is 5.02. The fourth-order valence-electron chi connectivity index (χ4n) is 1.93. The van der Waals surface area contributed by atoms with Crippen molar-refractivity contribution in [1.29, 1.82) is 0 Å². The summed E-state index contributed by atoms with van der Waals surface area (Å²) in [6, 6.07) is 13.0. The number of ether oxygens (including phenoxy) is 1. The molecule has 0 fully saturated rings. The van der Waals surface area contributed by atoms with E-state index in [0.29, 0.717) is 5.56 Å². The lowest BCUT2D eigenvalue weighted by Gasteiger charge is -2.11. The Morgan fingerprint density at radius 2 is 1.81 bits per heavy atom. The van der Waals surface area contributed by atoms with Crippen molar-refractivity contribution in [3.8, 4) is 5.75 Å². The van der Waals surface area contributed by atoms with Crippen LogP contribution >= 0.6 is 15.9 Å². The van der Waals surface area contributed by atoms with E-state index >= 15 is 0 Å². The number of amides is 1. The van der Waals surface area contributed by atoms with Gasteiger partial charge in [-0.3, -0.25) is 4.79 Å². The van der Waals surface area contributed by atoms with Crippen LogP contribution in [0.4, 0.5) is 5.69 Å². The summed E-state index contributed by atoms with van der Waals surface area (Å²) in [5, 5.41) is 2.89. The molecular formula is C17H18BrNO2. The van der Waals surface area contributed by atoms with E-state index in [1.54, 1.807) is 0 Å². The molecule has 0 spiro atoms. The highest BCUT2D eigenvalue weighted by atomic mass is 79.9. The van der Waals surface area contributed by atoms with Crippen molar-refractivity contribution in [2.75, 3.05) is 5.32 Å². The highest BCUT2D eigenvalue weighted by Gasteiger charge is 2.10. The largest absolute Gasteiger partial charge is 0.491 e. The second-order valence-electron chi connectivity index (χ2n) is 5.10. The minimum absolute atomic E-state index is 0.119. The lowest BCUT2D eigenvalue weighted by Crippen LogP contribution is -2.13. The number of nitrogens with one attached hydrogen (secondary N) is 1. The molecule has 2 aromatic carbocycles. The number of benzene rings is 2. The Labute approximate surface area is 133 Å². The Bertz CT molecular complexity index is 636. The van der Waals surface area contributed by atoms with Gasteiger partial charge in [0, 0.05) is 15.7 Å². The molecule has 0 atom stereocenters. The summed E-state index contributed by atoms with van der Waals surface area (Å²) in [5.41, 5.74) is 2.35. The number of hydrogen-bond donors (Lipinski definition) is 1. The van der Waals surface area contributed by atoms with Crippen LogP contribution in [0.15, 0.2) is 46.9 Å². The van der Waals surface area contributed by atoms with E-state index in [4.69, 9.17) is 4.74 Å². The molecule has 3 nitrogen and oxygen atoms in total. The van der Waals surface area contributed by atoms with Gasteiger partial charge in [0.2, 0.25) is 0 Å². The number of rotatable bonds is 4. The molecule has 0 unspecified atom stereocenters. The fourth-order valence-corrected chi connectivity index (χ4v) is 2.29. The molecule has 110 valence electrons. The fraction of sp³-hybridized carbons (Fsp3) is 0.235. The summed E-state index contributed by atoms with van der Waals surface area (Å²) in [7, 11) is 0. The molecule has 21 heavy (non-hydrogen) atoms. The van der Waals surface area contributed by atoms with Crippen LogP contribution in [0.5, 0.6) is 5.75 Å². The van der Waals surface area contributed by atoms with Gasteiger partial charge in [-0.25, -0.2) is 0 Å². The van der Waals surface area contributed by atoms with Crippen LogP contribution in [0.3, 0.4) is 0 Å². The summed E-state index contributed by atoms with van der Waals surface area (Å²) in [4.78, 5) is 12.3. The molecule has 0 aromatic heterocycles. The first-order valence-corrected chi connectivity index (χ1v) is 7.59. The first kappa shape index (κ1) is 15.6. The monoisotopic (exact) mass is 347 g/mol. The first-order chi connectivity index (χ1) is 9.95. The predicted octanol–water partition coefficient (Wildman–Crippen LogP) is 4.80. The Morgan fingerprint density at radius 3 is 2.43 bits per heavy atom. The zero-order chi connectivity index (χ0) is 15.4. The Balaban J connectivity index is 2.10. The number of carbonyl (C=O) groups excluding carboxylic acids is 1. The molecule has 4 heteroatoms. The summed E-state index contributed by atoms with van der Waals surface area (Å²) in [5.74, 6) is 0.674. The summed E-state index contributed by atoms with van der Waals surface area (Å²) in [6.07, 6.45) is 0.134. The summed E-state index contributed by atoms with van der Waals surface area (Å²) < 4.78 is 6.46. The maximum atomic E-state index is 12.3. The molecule has 0 saturated carbocycles. The number of carbonyl (C=O) groups is 1. The van der Waals surface area contributed by atoms with E-state index in [-0.39, 0.29) is 12.0 Å². The second kappa shape index (κ2) is 6.76. The highest BCUT2D eigenvalue weighted by molar-refractivity contribution is 9.10. The van der Waals surface area contributed by atoms with Gasteiger partial charge in [-0.1, -0.05) is 22.0 Å². The maximum Gasteiger partial charge on any atom is 0.255 e. The van der Waals surface area contributed by atoms with Gasteiger partial charge in [-0.15, -0.1) is 0 Å². The lowest BCUT2D eigenvalue weighted by molar-refractivity contribution is 0.102. The van der Waals surface area contributed by atoms with Crippen molar-refractivity contribution < 1.29 is 9.53 Å². The Morgan fingerprint density at radius 1 is 1.14 bits per heavy atom. The molecule has 2 rings (SSSR count). The Hall–Kier alpha value is -1.81. The van der Waals surface area contributed by atoms with Crippen LogP contribution < -0.4 is 10.1 Å². The molecule has 0 aliphatic heterocycles. The third kappa shape index (κ3) is 4.33. The SMILES string of the molecule is Cc1ccc(Br)cc1C(=O)Nc1ccc(OC(C)C)cc1. The molecule has 0 saturated heterocycles. The molecular weight excluding hydrogens is 330 g/mol. The summed E-state index contributed by atoms with van der Waals surface area (Å²) in [6.45, 7) is 5.87. The van der Waals surface area contributed by atoms with Gasteiger partial charge in [-0.2, -0.15) is 0 Å². The van der Waals surface area contributed by atoms with E-state index in [0.717, 1.165) is 21.5 Å². The van der Waals surface area contributed by atoms with Gasteiger partial charge in [0.15, 0.2) is 0 Å². The van der Waals surface area contributed by atoms with Crippen LogP contribution in [0.25, 0.3) is 0 Å². The highest BCUT2D eigenvalue weighted by Crippen LogP contribution is 2.20. The molecule has 0 bridgehead atoms.